The number of aliphatic carboxylic acids is 1. The number of aliphatic hydroxyl groups is 2. The summed E-state index contributed by atoms with van der Waals surface area (Å²) in [5.74, 6) is -0.615. The van der Waals surface area contributed by atoms with Crippen LogP contribution in [-0.2, 0) is 4.79 Å². The molecule has 1 aliphatic carbocycles. The number of carbonyl (C=O) groups is 1. The molecular formula is C20H37FO4. The standard InChI is InChI=1S/C20H37FO4/c1-2-3-5-8-16(22)13-11-15-12-14-19(23)17(15)9-6-4-7-10-18(21)20(24)25/h15-19,22-23H,2-14H2,1H3,(H,24,25)/t15-,16?,17+,18?,19-/m0/s1. The first-order valence-corrected chi connectivity index (χ1v) is 10.2. The molecule has 2 unspecified atom stereocenters. The second kappa shape index (κ2) is 12.6. The molecule has 0 heterocycles. The Labute approximate surface area is 151 Å². The van der Waals surface area contributed by atoms with Crippen molar-refractivity contribution in [1.82, 2.24) is 0 Å². The zero-order valence-electron chi connectivity index (χ0n) is 15.7. The first-order chi connectivity index (χ1) is 12.0. The monoisotopic (exact) mass is 360 g/mol. The van der Waals surface area contributed by atoms with Crippen LogP contribution < -0.4 is 0 Å². The van der Waals surface area contributed by atoms with Gasteiger partial charge in [0.15, 0.2) is 6.17 Å². The van der Waals surface area contributed by atoms with E-state index in [0.29, 0.717) is 12.3 Å². The largest absolute Gasteiger partial charge is 0.479 e. The minimum absolute atomic E-state index is 0.0793. The van der Waals surface area contributed by atoms with Gasteiger partial charge < -0.3 is 15.3 Å². The maximum atomic E-state index is 13.0. The van der Waals surface area contributed by atoms with E-state index in [9.17, 15) is 19.4 Å². The first-order valence-electron chi connectivity index (χ1n) is 10.2. The zero-order valence-corrected chi connectivity index (χ0v) is 15.7. The van der Waals surface area contributed by atoms with Crippen LogP contribution in [0.1, 0.15) is 90.4 Å². The first kappa shape index (κ1) is 22.4. The van der Waals surface area contributed by atoms with Crippen LogP contribution in [0, 0.1) is 11.8 Å². The lowest BCUT2D eigenvalue weighted by Gasteiger charge is -2.23. The third-order valence-corrected chi connectivity index (χ3v) is 5.71. The highest BCUT2D eigenvalue weighted by molar-refractivity contribution is 5.71. The van der Waals surface area contributed by atoms with Gasteiger partial charge in [-0.1, -0.05) is 39.0 Å². The van der Waals surface area contributed by atoms with Gasteiger partial charge >= 0.3 is 5.97 Å². The average Bonchev–Trinajstić information content (AvgIpc) is 2.92. The summed E-state index contributed by atoms with van der Waals surface area (Å²) in [6, 6.07) is 0. The molecule has 0 bridgehead atoms. The summed E-state index contributed by atoms with van der Waals surface area (Å²) in [6.07, 6.45) is 9.02. The van der Waals surface area contributed by atoms with Crippen molar-refractivity contribution in [3.8, 4) is 0 Å². The van der Waals surface area contributed by atoms with Crippen LogP contribution in [0.5, 0.6) is 0 Å². The third kappa shape index (κ3) is 9.00. The van der Waals surface area contributed by atoms with Gasteiger partial charge in [-0.05, 0) is 63.2 Å². The van der Waals surface area contributed by atoms with Crippen LogP contribution >= 0.6 is 0 Å². The van der Waals surface area contributed by atoms with Crippen molar-refractivity contribution in [1.29, 1.82) is 0 Å². The fourth-order valence-electron chi connectivity index (χ4n) is 4.10. The Hall–Kier alpha value is -0.680. The fourth-order valence-corrected chi connectivity index (χ4v) is 4.10. The average molecular weight is 361 g/mol. The predicted molar refractivity (Wildman–Crippen MR) is 97.2 cm³/mol. The molecule has 0 saturated heterocycles. The molecule has 5 heteroatoms. The molecule has 0 radical (unpaired) electrons. The van der Waals surface area contributed by atoms with Crippen molar-refractivity contribution in [3.63, 3.8) is 0 Å². The van der Waals surface area contributed by atoms with Gasteiger partial charge in [-0.25, -0.2) is 9.18 Å². The van der Waals surface area contributed by atoms with Crippen molar-refractivity contribution in [2.24, 2.45) is 11.8 Å². The highest BCUT2D eigenvalue weighted by atomic mass is 19.1. The van der Waals surface area contributed by atoms with Gasteiger partial charge in [0.05, 0.1) is 12.2 Å². The van der Waals surface area contributed by atoms with Gasteiger partial charge in [-0.3, -0.25) is 0 Å². The second-order valence-electron chi connectivity index (χ2n) is 7.74. The Balaban J connectivity index is 2.21. The van der Waals surface area contributed by atoms with Crippen LogP contribution in [0.15, 0.2) is 0 Å². The summed E-state index contributed by atoms with van der Waals surface area (Å²) in [5, 5.41) is 28.8. The molecule has 0 aromatic rings. The molecule has 4 nitrogen and oxygen atoms in total. The van der Waals surface area contributed by atoms with Gasteiger partial charge in [-0.15, -0.1) is 0 Å². The lowest BCUT2D eigenvalue weighted by atomic mass is 9.85. The smallest absolute Gasteiger partial charge is 0.338 e. The molecule has 1 aliphatic rings. The number of hydrogen-bond acceptors (Lipinski definition) is 3. The Kier molecular flexibility index (Phi) is 11.3. The SMILES string of the molecule is CCCCCC(O)CC[C@H]1CC[C@H](O)[C@@H]1CCCCCC(F)C(=O)O. The van der Waals surface area contributed by atoms with Crippen LogP contribution in [0.25, 0.3) is 0 Å². The van der Waals surface area contributed by atoms with E-state index in [1.54, 1.807) is 0 Å². The van der Waals surface area contributed by atoms with E-state index in [4.69, 9.17) is 5.11 Å². The van der Waals surface area contributed by atoms with E-state index in [0.717, 1.165) is 57.8 Å². The highest BCUT2D eigenvalue weighted by Crippen LogP contribution is 2.39. The topological polar surface area (TPSA) is 77.8 Å². The van der Waals surface area contributed by atoms with Gasteiger partial charge in [0, 0.05) is 0 Å². The summed E-state index contributed by atoms with van der Waals surface area (Å²) in [4.78, 5) is 10.4. The summed E-state index contributed by atoms with van der Waals surface area (Å²) in [7, 11) is 0. The Morgan fingerprint density at radius 1 is 1.04 bits per heavy atom. The minimum atomic E-state index is -1.75. The molecular weight excluding hydrogens is 323 g/mol. The number of hydrogen-bond donors (Lipinski definition) is 3. The lowest BCUT2D eigenvalue weighted by molar-refractivity contribution is -0.143. The van der Waals surface area contributed by atoms with E-state index in [-0.39, 0.29) is 24.5 Å². The van der Waals surface area contributed by atoms with Crippen LogP contribution in [0.2, 0.25) is 0 Å². The number of carboxylic acid groups (broad SMARTS) is 1. The van der Waals surface area contributed by atoms with Crippen LogP contribution in [0.3, 0.4) is 0 Å². The molecule has 0 spiro atoms. The molecule has 0 aliphatic heterocycles. The predicted octanol–water partition coefficient (Wildman–Crippen LogP) is 4.47. The van der Waals surface area contributed by atoms with E-state index >= 15 is 0 Å². The van der Waals surface area contributed by atoms with E-state index in [1.807, 2.05) is 0 Å². The summed E-state index contributed by atoms with van der Waals surface area (Å²) >= 11 is 0. The molecule has 0 aromatic heterocycles. The van der Waals surface area contributed by atoms with Crippen LogP contribution in [0.4, 0.5) is 4.39 Å². The number of halogens is 1. The molecule has 1 fully saturated rings. The van der Waals surface area contributed by atoms with Crippen molar-refractivity contribution < 1.29 is 24.5 Å². The normalized spacial score (nSPS) is 25.8. The quantitative estimate of drug-likeness (QED) is 0.399. The second-order valence-corrected chi connectivity index (χ2v) is 7.74. The molecule has 148 valence electrons. The Morgan fingerprint density at radius 3 is 2.44 bits per heavy atom. The summed E-state index contributed by atoms with van der Waals surface area (Å²) < 4.78 is 13.0. The van der Waals surface area contributed by atoms with E-state index in [1.165, 1.54) is 12.8 Å². The Morgan fingerprint density at radius 2 is 1.76 bits per heavy atom. The summed E-state index contributed by atoms with van der Waals surface area (Å²) in [5.41, 5.74) is 0. The van der Waals surface area contributed by atoms with Crippen molar-refractivity contribution >= 4 is 5.97 Å². The molecule has 5 atom stereocenters. The Bertz CT molecular complexity index is 364. The van der Waals surface area contributed by atoms with Gasteiger partial charge in [0.1, 0.15) is 0 Å². The number of rotatable bonds is 14. The molecule has 0 amide bonds. The molecule has 0 aromatic carbocycles. The zero-order chi connectivity index (χ0) is 18.7. The number of unbranched alkanes of at least 4 members (excludes halogenated alkanes) is 4. The maximum Gasteiger partial charge on any atom is 0.338 e. The van der Waals surface area contributed by atoms with Gasteiger partial charge in [0.2, 0.25) is 0 Å². The lowest BCUT2D eigenvalue weighted by Crippen LogP contribution is -2.20. The summed E-state index contributed by atoms with van der Waals surface area (Å²) in [6.45, 7) is 2.16. The van der Waals surface area contributed by atoms with Crippen molar-refractivity contribution in [2.45, 2.75) is 109 Å². The molecule has 25 heavy (non-hydrogen) atoms. The minimum Gasteiger partial charge on any atom is -0.479 e. The third-order valence-electron chi connectivity index (χ3n) is 5.71. The molecule has 3 N–H and O–H groups in total. The molecule has 1 rings (SSSR count). The maximum absolute atomic E-state index is 13.0. The number of aliphatic hydroxyl groups excluding tert-OH is 2. The van der Waals surface area contributed by atoms with Crippen molar-refractivity contribution in [3.05, 3.63) is 0 Å². The van der Waals surface area contributed by atoms with Crippen LogP contribution in [-0.4, -0.2) is 39.7 Å². The highest BCUT2D eigenvalue weighted by Gasteiger charge is 2.34. The fraction of sp³-hybridized carbons (Fsp3) is 0.950. The van der Waals surface area contributed by atoms with Gasteiger partial charge in [-0.2, -0.15) is 0 Å². The van der Waals surface area contributed by atoms with Crippen molar-refractivity contribution in [2.75, 3.05) is 0 Å². The van der Waals surface area contributed by atoms with E-state index < -0.39 is 12.1 Å². The van der Waals surface area contributed by atoms with E-state index in [2.05, 4.69) is 6.92 Å². The number of carboxylic acids is 1. The molecule has 1 saturated carbocycles. The number of alkyl halides is 1. The van der Waals surface area contributed by atoms with Gasteiger partial charge in [0.25, 0.3) is 0 Å².